The van der Waals surface area contributed by atoms with E-state index < -0.39 is 67.8 Å². The smallest absolute Gasteiger partial charge is 0.255 e. The van der Waals surface area contributed by atoms with Crippen molar-refractivity contribution in [2.45, 2.75) is 53.9 Å². The molecule has 40 heavy (non-hydrogen) atoms. The van der Waals surface area contributed by atoms with E-state index in [1.54, 1.807) is 0 Å². The second-order valence-corrected chi connectivity index (χ2v) is 13.1. The van der Waals surface area contributed by atoms with E-state index in [2.05, 4.69) is 16.0 Å². The molecule has 9 nitrogen and oxygen atoms in total. The Morgan fingerprint density at radius 1 is 1.07 bits per heavy atom. The lowest BCUT2D eigenvalue weighted by atomic mass is 9.53. The zero-order valence-corrected chi connectivity index (χ0v) is 22.4. The Hall–Kier alpha value is -3.16. The summed E-state index contributed by atoms with van der Waals surface area (Å²) in [6, 6.07) is 4.03. The summed E-state index contributed by atoms with van der Waals surface area (Å²) in [5.41, 5.74) is -1.81. The highest BCUT2D eigenvalue weighted by atomic mass is 35.5. The van der Waals surface area contributed by atoms with Crippen LogP contribution in [0.2, 0.25) is 5.02 Å². The maximum Gasteiger partial charge on any atom is 0.255 e. The molecule has 1 heterocycles. The third-order valence-corrected chi connectivity index (χ3v) is 10.8. The number of amides is 3. The number of rotatable bonds is 7. The summed E-state index contributed by atoms with van der Waals surface area (Å²) < 4.78 is 67.4. The van der Waals surface area contributed by atoms with Crippen LogP contribution in [0.4, 0.5) is 18.9 Å². The molecule has 2 unspecified atom stereocenters. The summed E-state index contributed by atoms with van der Waals surface area (Å²) in [6.07, 6.45) is 1.41. The standard InChI is InChI=1S/C26H25ClF3N3O6S/c27-17-2-1-12(24(35)32-15-9-18(28)23(30)19(29)10-15)5-21(17)40(38,39)16-7-13-6-14(8-16)26(13,37)11-31-25(36)20-3-4-22(34)33-20/h1-2,5,9-10,13-14,16,20,37H,3-4,6-8,11H2,(H,31,36)(H,32,35)(H,33,34)/t13?,14?,16?,20-,26?/m1/s1. The number of anilines is 1. The van der Waals surface area contributed by atoms with Gasteiger partial charge in [0.1, 0.15) is 6.04 Å². The van der Waals surface area contributed by atoms with Gasteiger partial charge >= 0.3 is 0 Å². The highest BCUT2D eigenvalue weighted by molar-refractivity contribution is 7.92. The third kappa shape index (κ3) is 5.06. The molecule has 3 atom stereocenters. The van der Waals surface area contributed by atoms with E-state index in [1.807, 2.05) is 0 Å². The first-order chi connectivity index (χ1) is 18.8. The van der Waals surface area contributed by atoms with Gasteiger partial charge in [0.2, 0.25) is 11.8 Å². The fourth-order valence-electron chi connectivity index (χ4n) is 5.83. The number of benzene rings is 2. The first-order valence-corrected chi connectivity index (χ1v) is 14.5. The van der Waals surface area contributed by atoms with Gasteiger partial charge < -0.3 is 21.1 Å². The van der Waals surface area contributed by atoms with E-state index in [-0.39, 0.29) is 52.9 Å². The molecule has 2 bridgehead atoms. The van der Waals surface area contributed by atoms with Gasteiger partial charge in [-0.2, -0.15) is 0 Å². The van der Waals surface area contributed by atoms with Crippen molar-refractivity contribution in [3.8, 4) is 0 Å². The minimum atomic E-state index is -4.07. The minimum absolute atomic E-state index is 0.0682. The predicted molar refractivity (Wildman–Crippen MR) is 137 cm³/mol. The molecule has 3 amide bonds. The van der Waals surface area contributed by atoms with Crippen LogP contribution < -0.4 is 16.0 Å². The molecule has 4 aliphatic rings. The monoisotopic (exact) mass is 599 g/mol. The SMILES string of the molecule is O=C1CC[C@H](C(=O)NCC2(O)C3CC2CC(S(=O)(=O)c2cc(C(=O)Nc4cc(F)c(F)c(F)c4)ccc2Cl)C3)N1. The first-order valence-electron chi connectivity index (χ1n) is 12.6. The second-order valence-electron chi connectivity index (χ2n) is 10.5. The molecular formula is C26H25ClF3N3O6S. The molecule has 6 rings (SSSR count). The zero-order chi connectivity index (χ0) is 29.0. The molecule has 14 heteroatoms. The minimum Gasteiger partial charge on any atom is -0.387 e. The van der Waals surface area contributed by atoms with E-state index in [0.717, 1.165) is 6.07 Å². The summed E-state index contributed by atoms with van der Waals surface area (Å²) in [5.74, 6) is -7.03. The van der Waals surface area contributed by atoms with E-state index in [9.17, 15) is 41.1 Å². The van der Waals surface area contributed by atoms with E-state index >= 15 is 0 Å². The molecule has 2 aromatic rings. The molecule has 1 saturated heterocycles. The molecule has 4 N–H and O–H groups in total. The average Bonchev–Trinajstić information content (AvgIpc) is 3.36. The Labute approximate surface area is 232 Å². The quantitative estimate of drug-likeness (QED) is 0.361. The molecule has 4 fully saturated rings. The molecule has 2 aromatic carbocycles. The molecular weight excluding hydrogens is 575 g/mol. The van der Waals surface area contributed by atoms with Crippen LogP contribution in [0, 0.1) is 29.3 Å². The summed E-state index contributed by atoms with van der Waals surface area (Å²) in [6.45, 7) is -0.0682. The molecule has 3 aliphatic carbocycles. The van der Waals surface area contributed by atoms with Crippen LogP contribution >= 0.6 is 11.6 Å². The molecule has 214 valence electrons. The highest BCUT2D eigenvalue weighted by Crippen LogP contribution is 2.55. The van der Waals surface area contributed by atoms with Crippen LogP contribution in [-0.4, -0.2) is 54.7 Å². The molecule has 0 radical (unpaired) electrons. The number of carbonyl (C=O) groups is 3. The topological polar surface area (TPSA) is 142 Å². The molecule has 1 aliphatic heterocycles. The van der Waals surface area contributed by atoms with Crippen molar-refractivity contribution < 1.29 is 41.1 Å². The van der Waals surface area contributed by atoms with Crippen LogP contribution in [0.1, 0.15) is 42.5 Å². The first kappa shape index (κ1) is 28.4. The van der Waals surface area contributed by atoms with E-state index in [4.69, 9.17) is 11.6 Å². The van der Waals surface area contributed by atoms with Crippen molar-refractivity contribution in [1.82, 2.24) is 10.6 Å². The zero-order valence-electron chi connectivity index (χ0n) is 20.8. The highest BCUT2D eigenvalue weighted by Gasteiger charge is 2.60. The Bertz CT molecular complexity index is 1490. The van der Waals surface area contributed by atoms with Crippen LogP contribution in [-0.2, 0) is 19.4 Å². The van der Waals surface area contributed by atoms with Crippen molar-refractivity contribution >= 4 is 44.8 Å². The lowest BCUT2D eigenvalue weighted by Gasteiger charge is -2.58. The Kier molecular flexibility index (Phi) is 7.34. The van der Waals surface area contributed by atoms with Crippen LogP contribution in [0.5, 0.6) is 0 Å². The molecule has 3 saturated carbocycles. The summed E-state index contributed by atoms with van der Waals surface area (Å²) in [4.78, 5) is 36.1. The lowest BCUT2D eigenvalue weighted by Crippen LogP contribution is -2.66. The summed E-state index contributed by atoms with van der Waals surface area (Å²) in [5, 5.41) is 17.6. The summed E-state index contributed by atoms with van der Waals surface area (Å²) in [7, 11) is -4.07. The lowest BCUT2D eigenvalue weighted by molar-refractivity contribution is -0.174. The Balaban J connectivity index is 1.27. The number of sulfone groups is 1. The van der Waals surface area contributed by atoms with Crippen LogP contribution in [0.15, 0.2) is 35.2 Å². The number of hydrogen-bond donors (Lipinski definition) is 4. The van der Waals surface area contributed by atoms with Crippen molar-refractivity contribution in [2.75, 3.05) is 11.9 Å². The van der Waals surface area contributed by atoms with Crippen molar-refractivity contribution in [3.63, 3.8) is 0 Å². The van der Waals surface area contributed by atoms with Gasteiger partial charge in [-0.25, -0.2) is 21.6 Å². The second kappa shape index (κ2) is 10.3. The number of carbonyl (C=O) groups excluding carboxylic acids is 3. The maximum absolute atomic E-state index is 13.6. The number of fused-ring (bicyclic) bond motifs is 2. The Morgan fingerprint density at radius 3 is 2.33 bits per heavy atom. The number of halogens is 4. The van der Waals surface area contributed by atoms with Gasteiger partial charge in [-0.1, -0.05) is 11.6 Å². The van der Waals surface area contributed by atoms with Gasteiger partial charge in [-0.15, -0.1) is 0 Å². The Morgan fingerprint density at radius 2 is 1.73 bits per heavy atom. The van der Waals surface area contributed by atoms with Crippen molar-refractivity contribution in [1.29, 1.82) is 0 Å². The van der Waals surface area contributed by atoms with Crippen LogP contribution in [0.25, 0.3) is 0 Å². The van der Waals surface area contributed by atoms with Gasteiger partial charge in [0.05, 0.1) is 20.8 Å². The number of nitrogens with one attached hydrogen (secondary N) is 3. The normalized spacial score (nSPS) is 27.5. The largest absolute Gasteiger partial charge is 0.387 e. The van der Waals surface area contributed by atoms with Gasteiger partial charge in [-0.05, 0) is 55.7 Å². The number of aliphatic hydroxyl groups is 1. The van der Waals surface area contributed by atoms with Gasteiger partial charge in [0, 0.05) is 36.3 Å². The predicted octanol–water partition coefficient (Wildman–Crippen LogP) is 2.71. The number of hydrogen-bond acceptors (Lipinski definition) is 6. The van der Waals surface area contributed by atoms with Gasteiger partial charge in [0.25, 0.3) is 5.91 Å². The molecule has 0 aromatic heterocycles. The summed E-state index contributed by atoms with van der Waals surface area (Å²) >= 11 is 6.21. The van der Waals surface area contributed by atoms with Crippen LogP contribution in [0.3, 0.4) is 0 Å². The van der Waals surface area contributed by atoms with Gasteiger partial charge in [0.15, 0.2) is 27.3 Å². The van der Waals surface area contributed by atoms with E-state index in [0.29, 0.717) is 25.0 Å². The van der Waals surface area contributed by atoms with Gasteiger partial charge in [-0.3, -0.25) is 14.4 Å². The fraction of sp³-hybridized carbons (Fsp3) is 0.423. The fourth-order valence-corrected chi connectivity index (χ4v) is 8.24. The van der Waals surface area contributed by atoms with Crippen molar-refractivity contribution in [3.05, 3.63) is 58.4 Å². The average molecular weight is 600 g/mol. The van der Waals surface area contributed by atoms with Crippen molar-refractivity contribution in [2.24, 2.45) is 11.8 Å². The maximum atomic E-state index is 13.6. The van der Waals surface area contributed by atoms with E-state index in [1.165, 1.54) is 12.1 Å². The third-order valence-electron chi connectivity index (χ3n) is 8.12. The molecule has 0 spiro atoms.